The number of benzene rings is 3. The molecule has 0 saturated heterocycles. The molecule has 6 rings (SSSR count). The smallest absolute Gasteiger partial charge is 0.338 e. The fourth-order valence-electron chi connectivity index (χ4n) is 5.61. The van der Waals surface area contributed by atoms with E-state index in [-0.39, 0.29) is 23.1 Å². The van der Waals surface area contributed by atoms with E-state index in [2.05, 4.69) is 0 Å². The third kappa shape index (κ3) is 5.77. The van der Waals surface area contributed by atoms with Crippen molar-refractivity contribution < 1.29 is 14.3 Å². The molecule has 0 unspecified atom stereocenters. The number of esters is 1. The van der Waals surface area contributed by atoms with Crippen molar-refractivity contribution in [2.75, 3.05) is 12.4 Å². The average molecular weight is 634 g/mol. The van der Waals surface area contributed by atoms with Gasteiger partial charge in [-0.25, -0.2) is 9.78 Å². The summed E-state index contributed by atoms with van der Waals surface area (Å²) in [6.45, 7) is 7.95. The largest absolute Gasteiger partial charge is 0.462 e. The Kier molecular flexibility index (Phi) is 8.56. The highest BCUT2D eigenvalue weighted by Gasteiger charge is 2.23. The maximum atomic E-state index is 14.2. The highest BCUT2D eigenvalue weighted by molar-refractivity contribution is 7.99. The van der Waals surface area contributed by atoms with Crippen LogP contribution in [0.15, 0.2) is 101 Å². The summed E-state index contributed by atoms with van der Waals surface area (Å²) in [6.07, 6.45) is 0. The minimum absolute atomic E-state index is 0.0659. The number of nitrogens with zero attached hydrogens (tertiary/aromatic N) is 3. The van der Waals surface area contributed by atoms with Crippen molar-refractivity contribution in [3.05, 3.63) is 129 Å². The zero-order chi connectivity index (χ0) is 31.7. The molecule has 3 heterocycles. The lowest BCUT2D eigenvalue weighted by Crippen LogP contribution is -2.22. The van der Waals surface area contributed by atoms with Gasteiger partial charge in [0.2, 0.25) is 0 Å². The number of hydrogen-bond donors (Lipinski definition) is 0. The number of thioether (sulfide) groups is 1. The molecule has 0 bridgehead atoms. The average Bonchev–Trinajstić information content (AvgIpc) is 3.55. The molecule has 3 aromatic carbocycles. The van der Waals surface area contributed by atoms with Crippen LogP contribution in [0.2, 0.25) is 0 Å². The van der Waals surface area contributed by atoms with E-state index in [0.29, 0.717) is 38.8 Å². The van der Waals surface area contributed by atoms with Crippen LogP contribution in [-0.2, 0) is 4.74 Å². The van der Waals surface area contributed by atoms with Crippen molar-refractivity contribution in [2.45, 2.75) is 32.9 Å². The number of ketones is 1. The zero-order valence-electron chi connectivity index (χ0n) is 25.4. The van der Waals surface area contributed by atoms with Gasteiger partial charge in [-0.1, -0.05) is 60.3 Å². The van der Waals surface area contributed by atoms with Crippen LogP contribution in [0.25, 0.3) is 32.7 Å². The first-order valence-electron chi connectivity index (χ1n) is 14.6. The number of aryl methyl sites for hydroxylation is 2. The molecule has 0 aliphatic heterocycles. The van der Waals surface area contributed by atoms with Crippen LogP contribution in [0.1, 0.15) is 43.9 Å². The summed E-state index contributed by atoms with van der Waals surface area (Å²) in [6, 6.07) is 28.4. The molecule has 7 nitrogen and oxygen atoms in total. The number of Topliss-reactive ketones (excluding diaryl/α,β-unsaturated/α-hetero) is 1. The molecule has 6 aromatic rings. The van der Waals surface area contributed by atoms with Crippen molar-refractivity contribution in [1.82, 2.24) is 14.1 Å². The van der Waals surface area contributed by atoms with E-state index in [1.54, 1.807) is 23.6 Å². The van der Waals surface area contributed by atoms with Crippen LogP contribution in [0, 0.1) is 20.8 Å². The molecular formula is C36H31N3O4S2. The minimum Gasteiger partial charge on any atom is -0.462 e. The lowest BCUT2D eigenvalue weighted by molar-refractivity contribution is 0.0526. The third-order valence-electron chi connectivity index (χ3n) is 7.65. The lowest BCUT2D eigenvalue weighted by atomic mass is 10.0. The highest BCUT2D eigenvalue weighted by atomic mass is 32.2. The highest BCUT2D eigenvalue weighted by Crippen LogP contribution is 2.37. The lowest BCUT2D eigenvalue weighted by Gasteiger charge is -2.13. The maximum absolute atomic E-state index is 14.2. The molecule has 0 radical (unpaired) electrons. The van der Waals surface area contributed by atoms with E-state index in [1.165, 1.54) is 23.1 Å². The molecule has 0 spiro atoms. The van der Waals surface area contributed by atoms with Crippen molar-refractivity contribution in [1.29, 1.82) is 0 Å². The quantitative estimate of drug-likeness (QED) is 0.0695. The molecule has 0 aliphatic carbocycles. The Morgan fingerprint density at radius 1 is 0.867 bits per heavy atom. The summed E-state index contributed by atoms with van der Waals surface area (Å²) in [5.74, 6) is -0.330. The summed E-state index contributed by atoms with van der Waals surface area (Å²) in [5.41, 5.74) is 6.02. The summed E-state index contributed by atoms with van der Waals surface area (Å²) in [4.78, 5) is 46.6. The maximum Gasteiger partial charge on any atom is 0.338 e. The van der Waals surface area contributed by atoms with Gasteiger partial charge in [0, 0.05) is 33.1 Å². The molecule has 3 aromatic heterocycles. The van der Waals surface area contributed by atoms with E-state index < -0.39 is 0 Å². The van der Waals surface area contributed by atoms with Gasteiger partial charge in [0.15, 0.2) is 10.9 Å². The van der Waals surface area contributed by atoms with Crippen LogP contribution in [-0.4, -0.2) is 38.2 Å². The molecule has 0 atom stereocenters. The molecule has 0 fully saturated rings. The second-order valence-electron chi connectivity index (χ2n) is 10.5. The first-order valence-corrected chi connectivity index (χ1v) is 16.4. The third-order valence-corrected chi connectivity index (χ3v) is 9.59. The van der Waals surface area contributed by atoms with Gasteiger partial charge >= 0.3 is 5.97 Å². The SMILES string of the molecule is CCOC(=O)c1ccc(-n2c(C)cc(C(=O)CSc3nc4sc(C)c(-c5ccccc5)c4c(=O)n3-c3ccccc3)c2C)cc1. The fourth-order valence-corrected chi connectivity index (χ4v) is 7.59. The second kappa shape index (κ2) is 12.7. The molecule has 45 heavy (non-hydrogen) atoms. The minimum atomic E-state index is -0.368. The summed E-state index contributed by atoms with van der Waals surface area (Å²) >= 11 is 2.75. The number of ether oxygens (including phenoxy) is 1. The number of aromatic nitrogens is 3. The van der Waals surface area contributed by atoms with Gasteiger partial charge in [-0.3, -0.25) is 14.2 Å². The van der Waals surface area contributed by atoms with Crippen molar-refractivity contribution in [2.24, 2.45) is 0 Å². The predicted molar refractivity (Wildman–Crippen MR) is 182 cm³/mol. The summed E-state index contributed by atoms with van der Waals surface area (Å²) in [7, 11) is 0. The van der Waals surface area contributed by atoms with E-state index in [1.807, 2.05) is 104 Å². The van der Waals surface area contributed by atoms with Gasteiger partial charge in [0.05, 0.1) is 29.0 Å². The Hall–Kier alpha value is -4.73. The Balaban J connectivity index is 1.34. The number of fused-ring (bicyclic) bond motifs is 1. The van der Waals surface area contributed by atoms with Crippen molar-refractivity contribution in [3.63, 3.8) is 0 Å². The zero-order valence-corrected chi connectivity index (χ0v) is 27.0. The van der Waals surface area contributed by atoms with Gasteiger partial charge in [0.25, 0.3) is 5.56 Å². The van der Waals surface area contributed by atoms with Crippen LogP contribution in [0.5, 0.6) is 0 Å². The van der Waals surface area contributed by atoms with Gasteiger partial charge in [-0.05, 0) is 75.7 Å². The molecule has 0 amide bonds. The monoisotopic (exact) mass is 633 g/mol. The normalized spacial score (nSPS) is 11.2. The summed E-state index contributed by atoms with van der Waals surface area (Å²) < 4.78 is 8.71. The Morgan fingerprint density at radius 3 is 2.18 bits per heavy atom. The van der Waals surface area contributed by atoms with E-state index in [0.717, 1.165) is 33.1 Å². The Labute approximate surface area is 269 Å². The van der Waals surface area contributed by atoms with Gasteiger partial charge in [-0.15, -0.1) is 11.3 Å². The molecular weight excluding hydrogens is 603 g/mol. The first-order chi connectivity index (χ1) is 21.8. The molecule has 9 heteroatoms. The number of para-hydroxylation sites is 1. The van der Waals surface area contributed by atoms with Crippen LogP contribution in [0.3, 0.4) is 0 Å². The fraction of sp³-hybridized carbons (Fsp3) is 0.167. The van der Waals surface area contributed by atoms with Gasteiger partial charge in [-0.2, -0.15) is 0 Å². The number of thiophene rings is 1. The number of carbonyl (C=O) groups is 2. The standard InChI is InChI=1S/C36H31N3O4S2/c1-5-43-35(42)26-16-18-28(19-17-26)38-22(2)20-29(23(38)3)30(40)21-44-36-37-33-32(34(41)39(36)27-14-10-7-11-15-27)31(24(4)45-33)25-12-8-6-9-13-25/h6-20H,5,21H2,1-4H3. The van der Waals surface area contributed by atoms with Gasteiger partial charge < -0.3 is 9.30 Å². The number of rotatable bonds is 9. The molecule has 0 N–H and O–H groups in total. The molecule has 0 saturated carbocycles. The van der Waals surface area contributed by atoms with Gasteiger partial charge in [0.1, 0.15) is 4.83 Å². The van der Waals surface area contributed by atoms with Crippen molar-refractivity contribution in [3.8, 4) is 22.5 Å². The first kappa shape index (κ1) is 30.3. The predicted octanol–water partition coefficient (Wildman–Crippen LogP) is 7.98. The van der Waals surface area contributed by atoms with E-state index in [4.69, 9.17) is 9.72 Å². The topological polar surface area (TPSA) is 83.2 Å². The Bertz CT molecular complexity index is 2090. The molecule has 0 aliphatic rings. The summed E-state index contributed by atoms with van der Waals surface area (Å²) in [5, 5.41) is 1.05. The van der Waals surface area contributed by atoms with E-state index >= 15 is 0 Å². The van der Waals surface area contributed by atoms with Crippen LogP contribution >= 0.6 is 23.1 Å². The number of hydrogen-bond acceptors (Lipinski definition) is 7. The Morgan fingerprint density at radius 2 is 1.51 bits per heavy atom. The molecule has 226 valence electrons. The second-order valence-corrected chi connectivity index (χ2v) is 12.7. The van der Waals surface area contributed by atoms with Crippen LogP contribution in [0.4, 0.5) is 0 Å². The number of carbonyl (C=O) groups excluding carboxylic acids is 2. The van der Waals surface area contributed by atoms with Crippen molar-refractivity contribution >= 4 is 45.1 Å². The van der Waals surface area contributed by atoms with Crippen LogP contribution < -0.4 is 5.56 Å². The van der Waals surface area contributed by atoms with E-state index in [9.17, 15) is 14.4 Å².